The second-order valence-electron chi connectivity index (χ2n) is 3.54. The molecule has 1 heterocycles. The van der Waals surface area contributed by atoms with Gasteiger partial charge in [0.15, 0.2) is 0 Å². The highest BCUT2D eigenvalue weighted by Gasteiger charge is 2.13. The van der Waals surface area contributed by atoms with Crippen LogP contribution >= 0.6 is 11.6 Å². The summed E-state index contributed by atoms with van der Waals surface area (Å²) in [5.41, 5.74) is 1.88. The zero-order valence-electron chi connectivity index (χ0n) is 9.34. The Labute approximate surface area is 109 Å². The Morgan fingerprint density at radius 1 is 1.22 bits per heavy atom. The number of nitrogens with zero attached hydrogens (tertiary/aromatic N) is 5. The Morgan fingerprint density at radius 2 is 2.00 bits per heavy atom. The van der Waals surface area contributed by atoms with E-state index in [1.165, 1.54) is 0 Å². The molecule has 0 amide bonds. The number of hydrogen-bond acceptors (Lipinski definition) is 4. The molecule has 0 atom stereocenters. The van der Waals surface area contributed by atoms with Crippen LogP contribution in [0.25, 0.3) is 5.69 Å². The van der Waals surface area contributed by atoms with E-state index in [9.17, 15) is 0 Å². The van der Waals surface area contributed by atoms with Gasteiger partial charge in [-0.2, -0.15) is 10.5 Å². The largest absolute Gasteiger partial charge is 0.216 e. The second kappa shape index (κ2) is 5.31. The minimum Gasteiger partial charge on any atom is -0.216 e. The van der Waals surface area contributed by atoms with Crippen LogP contribution in [0.15, 0.2) is 24.3 Å². The van der Waals surface area contributed by atoms with E-state index in [-0.39, 0.29) is 12.8 Å². The highest BCUT2D eigenvalue weighted by molar-refractivity contribution is 6.30. The number of rotatable bonds is 3. The van der Waals surface area contributed by atoms with Gasteiger partial charge in [0, 0.05) is 5.02 Å². The summed E-state index contributed by atoms with van der Waals surface area (Å²) in [6, 6.07) is 11.1. The molecule has 0 spiro atoms. The molecule has 5 nitrogen and oxygen atoms in total. The van der Waals surface area contributed by atoms with Crippen LogP contribution in [-0.4, -0.2) is 15.0 Å². The minimum absolute atomic E-state index is 0.136. The summed E-state index contributed by atoms with van der Waals surface area (Å²) in [7, 11) is 0. The predicted molar refractivity (Wildman–Crippen MR) is 65.0 cm³/mol. The van der Waals surface area contributed by atoms with E-state index in [2.05, 4.69) is 16.4 Å². The molecule has 0 fully saturated rings. The van der Waals surface area contributed by atoms with Crippen molar-refractivity contribution in [2.45, 2.75) is 12.8 Å². The van der Waals surface area contributed by atoms with Crippen LogP contribution in [0.1, 0.15) is 11.4 Å². The fourth-order valence-corrected chi connectivity index (χ4v) is 1.80. The van der Waals surface area contributed by atoms with Gasteiger partial charge in [0.1, 0.15) is 5.69 Å². The summed E-state index contributed by atoms with van der Waals surface area (Å²) in [6.45, 7) is 0. The van der Waals surface area contributed by atoms with Crippen LogP contribution in [0.4, 0.5) is 0 Å². The van der Waals surface area contributed by atoms with Crippen LogP contribution in [0, 0.1) is 22.7 Å². The summed E-state index contributed by atoms with van der Waals surface area (Å²) in [4.78, 5) is 0. The molecule has 6 heteroatoms. The first-order valence-corrected chi connectivity index (χ1v) is 5.57. The van der Waals surface area contributed by atoms with Crippen molar-refractivity contribution >= 4 is 11.6 Å². The minimum atomic E-state index is 0.136. The van der Waals surface area contributed by atoms with Gasteiger partial charge in [-0.05, 0) is 18.2 Å². The lowest BCUT2D eigenvalue weighted by Crippen LogP contribution is -2.03. The molecule has 0 aliphatic rings. The molecule has 0 aliphatic carbocycles. The Kier molecular flexibility index (Phi) is 3.57. The van der Waals surface area contributed by atoms with Crippen molar-refractivity contribution in [1.29, 1.82) is 10.5 Å². The molecule has 0 aliphatic heterocycles. The van der Waals surface area contributed by atoms with Gasteiger partial charge in [0.2, 0.25) is 0 Å². The second-order valence-corrected chi connectivity index (χ2v) is 3.98. The van der Waals surface area contributed by atoms with Crippen molar-refractivity contribution in [1.82, 2.24) is 15.0 Å². The fourth-order valence-electron chi connectivity index (χ4n) is 1.61. The molecule has 0 bridgehead atoms. The first-order chi connectivity index (χ1) is 8.76. The van der Waals surface area contributed by atoms with E-state index in [1.807, 2.05) is 12.1 Å². The summed E-state index contributed by atoms with van der Waals surface area (Å²) in [5, 5.41) is 26.0. The number of nitriles is 2. The SMILES string of the molecule is N#CCc1nnn(-c2cccc(Cl)c2)c1CC#N. The molecule has 2 rings (SSSR count). The van der Waals surface area contributed by atoms with Crippen molar-refractivity contribution in [3.8, 4) is 17.8 Å². The maximum Gasteiger partial charge on any atom is 0.101 e. The van der Waals surface area contributed by atoms with Crippen molar-refractivity contribution in [2.75, 3.05) is 0 Å². The Hall–Kier alpha value is -2.37. The zero-order valence-corrected chi connectivity index (χ0v) is 10.1. The van der Waals surface area contributed by atoms with Gasteiger partial charge < -0.3 is 0 Å². The number of benzene rings is 1. The monoisotopic (exact) mass is 257 g/mol. The highest BCUT2D eigenvalue weighted by Crippen LogP contribution is 2.17. The third-order valence-electron chi connectivity index (χ3n) is 2.39. The molecule has 1 aromatic carbocycles. The molecule has 2 aromatic rings. The predicted octanol–water partition coefficient (Wildman–Crippen LogP) is 2.05. The van der Waals surface area contributed by atoms with Crippen LogP contribution in [0.5, 0.6) is 0 Å². The van der Waals surface area contributed by atoms with Crippen molar-refractivity contribution in [3.63, 3.8) is 0 Å². The quantitative estimate of drug-likeness (QED) is 0.843. The summed E-state index contributed by atoms with van der Waals surface area (Å²) in [5.74, 6) is 0. The van der Waals surface area contributed by atoms with Crippen LogP contribution in [-0.2, 0) is 12.8 Å². The van der Waals surface area contributed by atoms with Crippen LogP contribution < -0.4 is 0 Å². The van der Waals surface area contributed by atoms with E-state index in [0.717, 1.165) is 5.69 Å². The van der Waals surface area contributed by atoms with Crippen molar-refractivity contribution in [3.05, 3.63) is 40.7 Å². The Morgan fingerprint density at radius 3 is 2.67 bits per heavy atom. The van der Waals surface area contributed by atoms with E-state index >= 15 is 0 Å². The van der Waals surface area contributed by atoms with Gasteiger partial charge in [-0.25, -0.2) is 4.68 Å². The average molecular weight is 258 g/mol. The van der Waals surface area contributed by atoms with Gasteiger partial charge in [-0.3, -0.25) is 0 Å². The summed E-state index contributed by atoms with van der Waals surface area (Å²) >= 11 is 5.91. The first kappa shape index (κ1) is 12.1. The van der Waals surface area contributed by atoms with Crippen molar-refractivity contribution in [2.24, 2.45) is 0 Å². The molecule has 1 aromatic heterocycles. The third-order valence-corrected chi connectivity index (χ3v) is 2.62. The fraction of sp³-hybridized carbons (Fsp3) is 0.167. The third kappa shape index (κ3) is 2.32. The normalized spacial score (nSPS) is 9.72. The Bertz CT molecular complexity index is 647. The van der Waals surface area contributed by atoms with Gasteiger partial charge in [-0.1, -0.05) is 22.9 Å². The van der Waals surface area contributed by atoms with Gasteiger partial charge >= 0.3 is 0 Å². The summed E-state index contributed by atoms with van der Waals surface area (Å²) < 4.78 is 1.54. The first-order valence-electron chi connectivity index (χ1n) is 5.19. The molecular weight excluding hydrogens is 250 g/mol. The van der Waals surface area contributed by atoms with E-state index in [1.54, 1.807) is 22.9 Å². The topological polar surface area (TPSA) is 78.3 Å². The van der Waals surface area contributed by atoms with E-state index < -0.39 is 0 Å². The molecule has 0 saturated heterocycles. The molecule has 0 radical (unpaired) electrons. The summed E-state index contributed by atoms with van der Waals surface area (Å²) in [6.07, 6.45) is 0.286. The van der Waals surface area contributed by atoms with Gasteiger partial charge in [0.25, 0.3) is 0 Å². The lowest BCUT2D eigenvalue weighted by Gasteiger charge is -2.04. The molecule has 88 valence electrons. The number of halogens is 1. The molecule has 0 unspecified atom stereocenters. The number of aromatic nitrogens is 3. The van der Waals surface area contributed by atoms with Crippen molar-refractivity contribution < 1.29 is 0 Å². The average Bonchev–Trinajstić information content (AvgIpc) is 2.74. The molecule has 0 N–H and O–H groups in total. The van der Waals surface area contributed by atoms with E-state index in [4.69, 9.17) is 22.1 Å². The van der Waals surface area contributed by atoms with Crippen LogP contribution in [0.2, 0.25) is 5.02 Å². The maximum absolute atomic E-state index is 8.83. The zero-order chi connectivity index (χ0) is 13.0. The standard InChI is InChI=1S/C12H8ClN5/c13-9-2-1-3-10(8-9)18-12(5-7-15)11(4-6-14)16-17-18/h1-3,8H,4-5H2. The highest BCUT2D eigenvalue weighted by atomic mass is 35.5. The lowest BCUT2D eigenvalue weighted by molar-refractivity contribution is 0.776. The smallest absolute Gasteiger partial charge is 0.101 e. The van der Waals surface area contributed by atoms with Crippen LogP contribution in [0.3, 0.4) is 0 Å². The number of hydrogen-bond donors (Lipinski definition) is 0. The van der Waals surface area contributed by atoms with E-state index in [0.29, 0.717) is 16.4 Å². The van der Waals surface area contributed by atoms with Gasteiger partial charge in [-0.15, -0.1) is 5.10 Å². The Balaban J connectivity index is 2.51. The molecule has 0 saturated carbocycles. The lowest BCUT2D eigenvalue weighted by atomic mass is 10.2. The molecule has 18 heavy (non-hydrogen) atoms. The maximum atomic E-state index is 8.83. The molecular formula is C12H8ClN5. The van der Waals surface area contributed by atoms with Gasteiger partial charge in [0.05, 0.1) is 36.4 Å².